The maximum Gasteiger partial charge on any atom is 0.293 e. The molecule has 25 heavy (non-hydrogen) atoms. The third-order valence-corrected chi connectivity index (χ3v) is 4.36. The molecule has 1 aliphatic heterocycles. The van der Waals surface area contributed by atoms with Gasteiger partial charge in [0.1, 0.15) is 5.69 Å². The molecule has 1 saturated heterocycles. The molecule has 1 N–H and O–H groups in total. The van der Waals surface area contributed by atoms with Gasteiger partial charge in [-0.15, -0.1) is 0 Å². The first-order valence-electron chi connectivity index (χ1n) is 8.37. The van der Waals surface area contributed by atoms with E-state index < -0.39 is 4.92 Å². The van der Waals surface area contributed by atoms with Crippen molar-refractivity contribution >= 4 is 23.0 Å². The molecule has 2 aromatic rings. The number of benzene rings is 2. The second kappa shape index (κ2) is 6.93. The summed E-state index contributed by atoms with van der Waals surface area (Å²) >= 11 is 0. The van der Waals surface area contributed by atoms with E-state index in [-0.39, 0.29) is 17.2 Å². The summed E-state index contributed by atoms with van der Waals surface area (Å²) in [5.41, 5.74) is 3.64. The molecule has 6 heteroatoms. The minimum Gasteiger partial charge on any atom is -0.366 e. The van der Waals surface area contributed by atoms with Gasteiger partial charge in [0.2, 0.25) is 0 Å². The van der Waals surface area contributed by atoms with Crippen LogP contribution in [0.2, 0.25) is 0 Å². The molecule has 0 aliphatic carbocycles. The average Bonchev–Trinajstić information content (AvgIpc) is 3.07. The minimum atomic E-state index is -0.415. The number of nitro benzene ring substituents is 1. The highest BCUT2D eigenvalue weighted by Crippen LogP contribution is 2.32. The average molecular weight is 339 g/mol. The molecule has 1 fully saturated rings. The number of rotatable bonds is 4. The van der Waals surface area contributed by atoms with Crippen molar-refractivity contribution in [2.45, 2.75) is 26.7 Å². The van der Waals surface area contributed by atoms with Crippen LogP contribution in [-0.2, 0) is 0 Å². The van der Waals surface area contributed by atoms with Crippen LogP contribution in [-0.4, -0.2) is 23.9 Å². The largest absolute Gasteiger partial charge is 0.366 e. The number of hydrogen-bond acceptors (Lipinski definition) is 4. The summed E-state index contributed by atoms with van der Waals surface area (Å²) in [6.45, 7) is 5.54. The smallest absolute Gasteiger partial charge is 0.293 e. The van der Waals surface area contributed by atoms with E-state index in [0.717, 1.165) is 37.1 Å². The molecule has 130 valence electrons. The number of nitrogens with zero attached hydrogens (tertiary/aromatic N) is 2. The van der Waals surface area contributed by atoms with Crippen molar-refractivity contribution in [2.24, 2.45) is 0 Å². The number of carbonyl (C=O) groups excluding carboxylic acids is 1. The summed E-state index contributed by atoms with van der Waals surface area (Å²) in [5.74, 6) is -0.346. The lowest BCUT2D eigenvalue weighted by Crippen LogP contribution is -2.19. The molecule has 3 rings (SSSR count). The summed E-state index contributed by atoms with van der Waals surface area (Å²) in [6, 6.07) is 10.5. The van der Waals surface area contributed by atoms with E-state index in [1.54, 1.807) is 12.1 Å². The van der Waals surface area contributed by atoms with Crippen LogP contribution in [0, 0.1) is 24.0 Å². The number of amides is 1. The van der Waals surface area contributed by atoms with Gasteiger partial charge in [-0.2, -0.15) is 0 Å². The van der Waals surface area contributed by atoms with Gasteiger partial charge in [0.15, 0.2) is 0 Å². The Balaban J connectivity index is 1.87. The van der Waals surface area contributed by atoms with Gasteiger partial charge in [-0.3, -0.25) is 14.9 Å². The van der Waals surface area contributed by atoms with Crippen molar-refractivity contribution in [2.75, 3.05) is 23.3 Å². The van der Waals surface area contributed by atoms with Gasteiger partial charge in [-0.05, 0) is 62.1 Å². The normalized spacial score (nSPS) is 13.8. The molecule has 0 unspecified atom stereocenters. The van der Waals surface area contributed by atoms with E-state index in [1.165, 1.54) is 6.07 Å². The Bertz CT molecular complexity index is 806. The Morgan fingerprint density at radius 3 is 2.32 bits per heavy atom. The third-order valence-electron chi connectivity index (χ3n) is 4.36. The molecule has 1 aliphatic rings. The van der Waals surface area contributed by atoms with Crippen LogP contribution in [0.1, 0.15) is 34.3 Å². The Morgan fingerprint density at radius 2 is 1.72 bits per heavy atom. The van der Waals surface area contributed by atoms with Gasteiger partial charge in [0.05, 0.1) is 4.92 Å². The predicted molar refractivity (Wildman–Crippen MR) is 98.4 cm³/mol. The topological polar surface area (TPSA) is 75.5 Å². The quantitative estimate of drug-likeness (QED) is 0.673. The first kappa shape index (κ1) is 17.0. The molecule has 6 nitrogen and oxygen atoms in total. The lowest BCUT2D eigenvalue weighted by molar-refractivity contribution is -0.384. The predicted octanol–water partition coefficient (Wildman–Crippen LogP) is 4.06. The first-order valence-corrected chi connectivity index (χ1v) is 8.37. The molecule has 1 amide bonds. The molecule has 2 aromatic carbocycles. The summed E-state index contributed by atoms with van der Waals surface area (Å²) in [5, 5.41) is 14.3. The number of hydrogen-bond donors (Lipinski definition) is 1. The standard InChI is InChI=1S/C19H21N3O3/c1-13-9-14(2)11-16(10-13)20-19(23)15-5-6-17(18(12-15)22(24)25)21-7-3-4-8-21/h5-6,9-12H,3-4,7-8H2,1-2H3,(H,20,23). The molecule has 0 spiro atoms. The van der Waals surface area contributed by atoms with E-state index in [9.17, 15) is 14.9 Å². The van der Waals surface area contributed by atoms with Crippen LogP contribution < -0.4 is 10.2 Å². The molecule has 1 heterocycles. The zero-order valence-electron chi connectivity index (χ0n) is 14.4. The van der Waals surface area contributed by atoms with Crippen molar-refractivity contribution in [1.82, 2.24) is 0 Å². The van der Waals surface area contributed by atoms with Gasteiger partial charge in [-0.1, -0.05) is 6.07 Å². The molecule has 0 radical (unpaired) electrons. The third kappa shape index (κ3) is 3.79. The van der Waals surface area contributed by atoms with Gasteiger partial charge < -0.3 is 10.2 Å². The molecule has 0 atom stereocenters. The van der Waals surface area contributed by atoms with E-state index in [1.807, 2.05) is 36.9 Å². The van der Waals surface area contributed by atoms with Crippen molar-refractivity contribution in [1.29, 1.82) is 0 Å². The van der Waals surface area contributed by atoms with Gasteiger partial charge in [-0.25, -0.2) is 0 Å². The fraction of sp³-hybridized carbons (Fsp3) is 0.316. The highest BCUT2D eigenvalue weighted by Gasteiger charge is 2.23. The van der Waals surface area contributed by atoms with Crippen molar-refractivity contribution in [3.05, 3.63) is 63.2 Å². The lowest BCUT2D eigenvalue weighted by atomic mass is 10.1. The molecular formula is C19H21N3O3. The Labute approximate surface area is 146 Å². The van der Waals surface area contributed by atoms with Gasteiger partial charge in [0.25, 0.3) is 11.6 Å². The molecule has 0 saturated carbocycles. The van der Waals surface area contributed by atoms with Gasteiger partial charge in [0, 0.05) is 30.4 Å². The maximum atomic E-state index is 12.5. The van der Waals surface area contributed by atoms with E-state index >= 15 is 0 Å². The summed E-state index contributed by atoms with van der Waals surface area (Å²) in [4.78, 5) is 25.5. The van der Waals surface area contributed by atoms with Crippen molar-refractivity contribution < 1.29 is 9.72 Å². The number of nitrogens with one attached hydrogen (secondary N) is 1. The highest BCUT2D eigenvalue weighted by atomic mass is 16.6. The number of anilines is 2. The van der Waals surface area contributed by atoms with Crippen LogP contribution in [0.4, 0.5) is 17.1 Å². The monoisotopic (exact) mass is 339 g/mol. The molecule has 0 aromatic heterocycles. The maximum absolute atomic E-state index is 12.5. The summed E-state index contributed by atoms with van der Waals surface area (Å²) in [7, 11) is 0. The van der Waals surface area contributed by atoms with Crippen molar-refractivity contribution in [3.8, 4) is 0 Å². The Morgan fingerprint density at radius 1 is 1.08 bits per heavy atom. The van der Waals surface area contributed by atoms with Crippen LogP contribution >= 0.6 is 0 Å². The molecular weight excluding hydrogens is 318 g/mol. The first-order chi connectivity index (χ1) is 11.9. The Kier molecular flexibility index (Phi) is 4.70. The SMILES string of the molecule is Cc1cc(C)cc(NC(=O)c2ccc(N3CCCC3)c([N+](=O)[O-])c2)c1. The number of aryl methyl sites for hydroxylation is 2. The minimum absolute atomic E-state index is 0.0185. The highest BCUT2D eigenvalue weighted by molar-refractivity contribution is 6.05. The van der Waals surface area contributed by atoms with Crippen LogP contribution in [0.25, 0.3) is 0 Å². The zero-order chi connectivity index (χ0) is 18.0. The van der Waals surface area contributed by atoms with Crippen LogP contribution in [0.5, 0.6) is 0 Å². The van der Waals surface area contributed by atoms with E-state index in [4.69, 9.17) is 0 Å². The summed E-state index contributed by atoms with van der Waals surface area (Å²) < 4.78 is 0. The fourth-order valence-corrected chi connectivity index (χ4v) is 3.29. The Hall–Kier alpha value is -2.89. The lowest BCUT2D eigenvalue weighted by Gasteiger charge is -2.17. The van der Waals surface area contributed by atoms with E-state index in [2.05, 4.69) is 5.32 Å². The summed E-state index contributed by atoms with van der Waals surface area (Å²) in [6.07, 6.45) is 2.07. The number of carbonyl (C=O) groups is 1. The molecule has 0 bridgehead atoms. The van der Waals surface area contributed by atoms with E-state index in [0.29, 0.717) is 11.4 Å². The second-order valence-corrected chi connectivity index (χ2v) is 6.49. The zero-order valence-corrected chi connectivity index (χ0v) is 14.4. The number of nitro groups is 1. The van der Waals surface area contributed by atoms with Crippen LogP contribution in [0.15, 0.2) is 36.4 Å². The van der Waals surface area contributed by atoms with Gasteiger partial charge >= 0.3 is 0 Å². The second-order valence-electron chi connectivity index (χ2n) is 6.49. The van der Waals surface area contributed by atoms with Crippen molar-refractivity contribution in [3.63, 3.8) is 0 Å². The fourth-order valence-electron chi connectivity index (χ4n) is 3.29. The van der Waals surface area contributed by atoms with Crippen LogP contribution in [0.3, 0.4) is 0 Å².